The number of likely N-dealkylation sites (N-methyl/N-ethyl adjacent to an activating group) is 1. The molecule has 98 valence electrons. The molecule has 1 aliphatic rings. The van der Waals surface area contributed by atoms with Crippen LogP contribution in [-0.2, 0) is 0 Å². The van der Waals surface area contributed by atoms with Gasteiger partial charge in [0.1, 0.15) is 0 Å². The van der Waals surface area contributed by atoms with Gasteiger partial charge in [-0.3, -0.25) is 4.90 Å². The fraction of sp³-hybridized carbons (Fsp3) is 0.500. The zero-order valence-electron chi connectivity index (χ0n) is 11.1. The average Bonchev–Trinajstić information content (AvgIpc) is 2.39. The Hall–Kier alpha value is -1.13. The summed E-state index contributed by atoms with van der Waals surface area (Å²) >= 11 is 5.48. The second-order valence-corrected chi connectivity index (χ2v) is 5.11. The lowest BCUT2D eigenvalue weighted by atomic mass is 10.2. The first-order chi connectivity index (χ1) is 8.70. The molecule has 1 N–H and O–H groups in total. The third-order valence-corrected chi connectivity index (χ3v) is 3.84. The Kier molecular flexibility index (Phi) is 4.55. The monoisotopic (exact) mass is 263 g/mol. The van der Waals surface area contributed by atoms with Crippen LogP contribution in [0.25, 0.3) is 0 Å². The number of rotatable bonds is 2. The number of piperazine rings is 1. The molecular formula is C14H21N3S. The van der Waals surface area contributed by atoms with E-state index in [9.17, 15) is 0 Å². The molecule has 1 aromatic rings. The lowest BCUT2D eigenvalue weighted by Gasteiger charge is -2.40. The Bertz CT molecular complexity index is 393. The average molecular weight is 263 g/mol. The fourth-order valence-electron chi connectivity index (χ4n) is 2.37. The molecule has 0 aromatic heterocycles. The summed E-state index contributed by atoms with van der Waals surface area (Å²) < 4.78 is 0. The van der Waals surface area contributed by atoms with Crippen molar-refractivity contribution < 1.29 is 0 Å². The minimum atomic E-state index is 0.569. The molecule has 1 aliphatic heterocycles. The molecule has 0 saturated carbocycles. The molecule has 1 fully saturated rings. The highest BCUT2D eigenvalue weighted by molar-refractivity contribution is 7.80. The predicted octanol–water partition coefficient (Wildman–Crippen LogP) is 2.41. The van der Waals surface area contributed by atoms with Crippen LogP contribution in [0.2, 0.25) is 0 Å². The lowest BCUT2D eigenvalue weighted by molar-refractivity contribution is 0.131. The van der Waals surface area contributed by atoms with Crippen molar-refractivity contribution in [3.63, 3.8) is 0 Å². The van der Waals surface area contributed by atoms with E-state index in [0.717, 1.165) is 37.0 Å². The normalized spacial score (nSPS) is 20.8. The molecule has 4 heteroatoms. The Morgan fingerprint density at radius 2 is 2.06 bits per heavy atom. The zero-order chi connectivity index (χ0) is 13.0. The van der Waals surface area contributed by atoms with Gasteiger partial charge in [0, 0.05) is 31.4 Å². The number of hydrogen-bond donors (Lipinski definition) is 1. The van der Waals surface area contributed by atoms with Gasteiger partial charge in [0.2, 0.25) is 0 Å². The summed E-state index contributed by atoms with van der Waals surface area (Å²) in [5.41, 5.74) is 1.06. The Labute approximate surface area is 115 Å². The van der Waals surface area contributed by atoms with E-state index in [-0.39, 0.29) is 0 Å². The molecule has 1 heterocycles. The van der Waals surface area contributed by atoms with E-state index in [2.05, 4.69) is 29.0 Å². The number of nitrogens with one attached hydrogen (secondary N) is 1. The van der Waals surface area contributed by atoms with Crippen LogP contribution in [0.5, 0.6) is 0 Å². The molecule has 1 aromatic carbocycles. The van der Waals surface area contributed by atoms with E-state index < -0.39 is 0 Å². The number of benzene rings is 1. The van der Waals surface area contributed by atoms with Crippen LogP contribution in [0.1, 0.15) is 13.8 Å². The summed E-state index contributed by atoms with van der Waals surface area (Å²) in [5.74, 6) is 0. The zero-order valence-corrected chi connectivity index (χ0v) is 11.9. The van der Waals surface area contributed by atoms with Gasteiger partial charge in [-0.1, -0.05) is 25.1 Å². The van der Waals surface area contributed by atoms with E-state index in [0.29, 0.717) is 6.04 Å². The minimum absolute atomic E-state index is 0.569. The summed E-state index contributed by atoms with van der Waals surface area (Å²) in [7, 11) is 0. The predicted molar refractivity (Wildman–Crippen MR) is 80.9 cm³/mol. The SMILES string of the molecule is CCN1CCN(C(=S)Nc2ccccc2)CC1C. The first-order valence-corrected chi connectivity index (χ1v) is 6.96. The van der Waals surface area contributed by atoms with Gasteiger partial charge >= 0.3 is 0 Å². The van der Waals surface area contributed by atoms with Crippen molar-refractivity contribution in [1.82, 2.24) is 9.80 Å². The third-order valence-electron chi connectivity index (χ3n) is 3.48. The van der Waals surface area contributed by atoms with Crippen molar-refractivity contribution in [2.75, 3.05) is 31.5 Å². The van der Waals surface area contributed by atoms with Crippen LogP contribution in [0, 0.1) is 0 Å². The Morgan fingerprint density at radius 3 is 2.67 bits per heavy atom. The number of anilines is 1. The number of para-hydroxylation sites is 1. The van der Waals surface area contributed by atoms with E-state index in [1.807, 2.05) is 30.3 Å². The minimum Gasteiger partial charge on any atom is -0.346 e. The highest BCUT2D eigenvalue weighted by Gasteiger charge is 2.23. The van der Waals surface area contributed by atoms with Crippen LogP contribution in [0.4, 0.5) is 5.69 Å². The molecule has 18 heavy (non-hydrogen) atoms. The van der Waals surface area contributed by atoms with Crippen molar-refractivity contribution in [2.24, 2.45) is 0 Å². The van der Waals surface area contributed by atoms with Gasteiger partial charge in [-0.15, -0.1) is 0 Å². The van der Waals surface area contributed by atoms with Crippen molar-refractivity contribution in [3.05, 3.63) is 30.3 Å². The van der Waals surface area contributed by atoms with Crippen LogP contribution in [-0.4, -0.2) is 47.1 Å². The van der Waals surface area contributed by atoms with Crippen molar-refractivity contribution in [1.29, 1.82) is 0 Å². The molecule has 0 amide bonds. The summed E-state index contributed by atoms with van der Waals surface area (Å²) in [4.78, 5) is 4.75. The maximum absolute atomic E-state index is 5.48. The molecule has 0 radical (unpaired) electrons. The molecule has 3 nitrogen and oxygen atoms in total. The van der Waals surface area contributed by atoms with E-state index in [4.69, 9.17) is 12.2 Å². The quantitative estimate of drug-likeness (QED) is 0.826. The molecule has 1 saturated heterocycles. The largest absolute Gasteiger partial charge is 0.346 e. The molecule has 0 spiro atoms. The fourth-order valence-corrected chi connectivity index (χ4v) is 2.66. The van der Waals surface area contributed by atoms with Gasteiger partial charge in [0.15, 0.2) is 5.11 Å². The maximum atomic E-state index is 5.48. The van der Waals surface area contributed by atoms with Crippen LogP contribution < -0.4 is 5.32 Å². The van der Waals surface area contributed by atoms with Gasteiger partial charge in [-0.2, -0.15) is 0 Å². The summed E-state index contributed by atoms with van der Waals surface area (Å²) in [5, 5.41) is 4.14. The van der Waals surface area contributed by atoms with Gasteiger partial charge in [0.25, 0.3) is 0 Å². The molecule has 0 aliphatic carbocycles. The summed E-state index contributed by atoms with van der Waals surface area (Å²) in [6.07, 6.45) is 0. The Balaban J connectivity index is 1.91. The second-order valence-electron chi connectivity index (χ2n) is 4.72. The van der Waals surface area contributed by atoms with E-state index in [1.54, 1.807) is 0 Å². The van der Waals surface area contributed by atoms with Gasteiger partial charge in [-0.05, 0) is 37.8 Å². The van der Waals surface area contributed by atoms with Crippen LogP contribution in [0.3, 0.4) is 0 Å². The molecule has 0 bridgehead atoms. The second kappa shape index (κ2) is 6.16. The summed E-state index contributed by atoms with van der Waals surface area (Å²) in [6, 6.07) is 10.7. The van der Waals surface area contributed by atoms with Gasteiger partial charge < -0.3 is 10.2 Å². The third kappa shape index (κ3) is 3.21. The summed E-state index contributed by atoms with van der Waals surface area (Å²) in [6.45, 7) is 8.71. The van der Waals surface area contributed by atoms with E-state index in [1.165, 1.54) is 0 Å². The first-order valence-electron chi connectivity index (χ1n) is 6.55. The highest BCUT2D eigenvalue weighted by atomic mass is 32.1. The topological polar surface area (TPSA) is 18.5 Å². The van der Waals surface area contributed by atoms with E-state index >= 15 is 0 Å². The number of hydrogen-bond acceptors (Lipinski definition) is 2. The van der Waals surface area contributed by atoms with Crippen LogP contribution >= 0.6 is 12.2 Å². The molecular weight excluding hydrogens is 242 g/mol. The molecule has 1 unspecified atom stereocenters. The van der Waals surface area contributed by atoms with Crippen molar-refractivity contribution in [3.8, 4) is 0 Å². The van der Waals surface area contributed by atoms with Gasteiger partial charge in [-0.25, -0.2) is 0 Å². The standard InChI is InChI=1S/C14H21N3S/c1-3-16-9-10-17(11-12(16)2)14(18)15-13-7-5-4-6-8-13/h4-8,12H,3,9-11H2,1-2H3,(H,15,18). The smallest absolute Gasteiger partial charge is 0.173 e. The van der Waals surface area contributed by atoms with Gasteiger partial charge in [0.05, 0.1) is 0 Å². The van der Waals surface area contributed by atoms with Crippen molar-refractivity contribution in [2.45, 2.75) is 19.9 Å². The van der Waals surface area contributed by atoms with Crippen LogP contribution in [0.15, 0.2) is 30.3 Å². The molecule has 1 atom stereocenters. The molecule has 2 rings (SSSR count). The number of nitrogens with zero attached hydrogens (tertiary/aromatic N) is 2. The van der Waals surface area contributed by atoms with Crippen molar-refractivity contribution >= 4 is 23.0 Å². The maximum Gasteiger partial charge on any atom is 0.173 e. The highest BCUT2D eigenvalue weighted by Crippen LogP contribution is 2.12. The first kappa shape index (κ1) is 13.3. The number of thiocarbonyl (C=S) groups is 1. The Morgan fingerprint density at radius 1 is 1.33 bits per heavy atom. The lowest BCUT2D eigenvalue weighted by Crippen LogP contribution is -2.54.